The van der Waals surface area contributed by atoms with E-state index < -0.39 is 6.10 Å². The summed E-state index contributed by atoms with van der Waals surface area (Å²) >= 11 is 0. The van der Waals surface area contributed by atoms with E-state index in [1.807, 2.05) is 0 Å². The molecule has 0 saturated heterocycles. The lowest BCUT2D eigenvalue weighted by atomic mass is 10.1. The van der Waals surface area contributed by atoms with E-state index >= 15 is 0 Å². The first-order chi connectivity index (χ1) is 32.0. The zero-order valence-corrected chi connectivity index (χ0v) is 42.5. The third kappa shape index (κ3) is 51.4. The first-order valence-corrected chi connectivity index (χ1v) is 27.1. The van der Waals surface area contributed by atoms with Crippen LogP contribution in [-0.2, 0) is 28.6 Å². The van der Waals surface area contributed by atoms with E-state index in [4.69, 9.17) is 14.2 Å². The van der Waals surface area contributed by atoms with Gasteiger partial charge < -0.3 is 14.2 Å². The standard InChI is InChI=1S/C59H100O6/c1-4-7-10-13-16-19-22-25-28-30-32-34-37-40-43-46-49-52-58(61)64-55-56(54-63-57(60)51-48-45-42-39-36-33-27-24-21-18-15-12-9-6-3)65-59(62)53-50-47-44-41-38-35-31-29-26-23-20-17-14-11-8-5-2/h7,10,15-16,18-19,24-25,27-29,31-32,34,56H,4-6,8-9,11-14,17,20-23,26,30,33,35-55H2,1-3H3/b10-7-,18-15-,19-16-,27-24-,28-25-,31-29-,34-32-. The number of allylic oxidation sites excluding steroid dienone is 14. The minimum atomic E-state index is -0.797. The van der Waals surface area contributed by atoms with Crippen molar-refractivity contribution in [2.75, 3.05) is 13.2 Å². The van der Waals surface area contributed by atoms with E-state index in [0.717, 1.165) is 135 Å². The fourth-order valence-corrected chi connectivity index (χ4v) is 7.27. The summed E-state index contributed by atoms with van der Waals surface area (Å²) in [6.45, 7) is 6.44. The summed E-state index contributed by atoms with van der Waals surface area (Å²) in [5, 5.41) is 0. The van der Waals surface area contributed by atoms with Crippen LogP contribution in [0.15, 0.2) is 85.1 Å². The topological polar surface area (TPSA) is 78.9 Å². The Balaban J connectivity index is 4.46. The Hall–Kier alpha value is -3.41. The second-order valence-corrected chi connectivity index (χ2v) is 17.7. The normalized spacial score (nSPS) is 12.7. The molecular weight excluding hydrogens is 805 g/mol. The molecule has 65 heavy (non-hydrogen) atoms. The summed E-state index contributed by atoms with van der Waals surface area (Å²) in [5.41, 5.74) is 0. The van der Waals surface area contributed by atoms with Crippen LogP contribution in [0.1, 0.15) is 252 Å². The fourth-order valence-electron chi connectivity index (χ4n) is 7.27. The molecule has 372 valence electrons. The molecule has 0 aliphatic carbocycles. The van der Waals surface area contributed by atoms with Gasteiger partial charge in [-0.1, -0.05) is 209 Å². The number of unbranched alkanes of at least 4 members (excludes halogenated alkanes) is 23. The van der Waals surface area contributed by atoms with Crippen LogP contribution in [0.5, 0.6) is 0 Å². The van der Waals surface area contributed by atoms with Crippen molar-refractivity contribution in [2.45, 2.75) is 258 Å². The molecule has 1 unspecified atom stereocenters. The molecule has 0 aromatic carbocycles. The summed E-state index contributed by atoms with van der Waals surface area (Å²) < 4.78 is 16.8. The van der Waals surface area contributed by atoms with Gasteiger partial charge in [-0.15, -0.1) is 0 Å². The quantitative estimate of drug-likeness (QED) is 0.0262. The number of esters is 3. The van der Waals surface area contributed by atoms with Gasteiger partial charge in [0, 0.05) is 19.3 Å². The number of hydrogen-bond acceptors (Lipinski definition) is 6. The van der Waals surface area contributed by atoms with Gasteiger partial charge in [-0.05, 0) is 109 Å². The second-order valence-electron chi connectivity index (χ2n) is 17.7. The molecule has 0 rings (SSSR count). The maximum atomic E-state index is 12.8. The molecular formula is C59H100O6. The van der Waals surface area contributed by atoms with E-state index in [1.165, 1.54) is 77.0 Å². The van der Waals surface area contributed by atoms with Gasteiger partial charge in [0.05, 0.1) is 0 Å². The number of rotatable bonds is 48. The van der Waals surface area contributed by atoms with Crippen LogP contribution in [0.3, 0.4) is 0 Å². The van der Waals surface area contributed by atoms with Gasteiger partial charge in [0.2, 0.25) is 0 Å². The van der Waals surface area contributed by atoms with Crippen molar-refractivity contribution in [3.8, 4) is 0 Å². The van der Waals surface area contributed by atoms with E-state index in [-0.39, 0.29) is 31.1 Å². The van der Waals surface area contributed by atoms with Crippen molar-refractivity contribution in [2.24, 2.45) is 0 Å². The molecule has 0 aromatic heterocycles. The summed E-state index contributed by atoms with van der Waals surface area (Å²) in [6.07, 6.45) is 68.5. The molecule has 0 amide bonds. The molecule has 0 radical (unpaired) electrons. The SMILES string of the molecule is CC/C=C\C/C=C\C/C=C\C/C=C\CCCCCCC(=O)OCC(COC(=O)CCCCCCC/C=C\C/C=C\CCCC)OC(=O)CCCCCCC/C=C\CCCCCCCCC. The van der Waals surface area contributed by atoms with Gasteiger partial charge in [-0.25, -0.2) is 0 Å². The highest BCUT2D eigenvalue weighted by Gasteiger charge is 2.19. The highest BCUT2D eigenvalue weighted by molar-refractivity contribution is 5.71. The first kappa shape index (κ1) is 61.6. The summed E-state index contributed by atoms with van der Waals surface area (Å²) in [4.78, 5) is 38.1. The van der Waals surface area contributed by atoms with Crippen molar-refractivity contribution in [1.82, 2.24) is 0 Å². The molecule has 1 atom stereocenters. The lowest BCUT2D eigenvalue weighted by Crippen LogP contribution is -2.30. The number of hydrogen-bond donors (Lipinski definition) is 0. The molecule has 0 heterocycles. The van der Waals surface area contributed by atoms with Crippen LogP contribution in [0.2, 0.25) is 0 Å². The molecule has 0 saturated carbocycles. The Kier molecular flexibility index (Phi) is 50.4. The first-order valence-electron chi connectivity index (χ1n) is 27.1. The van der Waals surface area contributed by atoms with Gasteiger partial charge in [0.15, 0.2) is 6.10 Å². The zero-order chi connectivity index (χ0) is 47.2. The zero-order valence-electron chi connectivity index (χ0n) is 42.5. The van der Waals surface area contributed by atoms with Crippen molar-refractivity contribution >= 4 is 17.9 Å². The minimum absolute atomic E-state index is 0.0955. The van der Waals surface area contributed by atoms with Crippen LogP contribution >= 0.6 is 0 Å². The van der Waals surface area contributed by atoms with Crippen LogP contribution in [0, 0.1) is 0 Å². The highest BCUT2D eigenvalue weighted by Crippen LogP contribution is 2.14. The maximum absolute atomic E-state index is 12.8. The van der Waals surface area contributed by atoms with Crippen molar-refractivity contribution in [1.29, 1.82) is 0 Å². The predicted molar refractivity (Wildman–Crippen MR) is 279 cm³/mol. The average molecular weight is 905 g/mol. The molecule has 0 aliphatic rings. The van der Waals surface area contributed by atoms with Gasteiger partial charge >= 0.3 is 17.9 Å². The molecule has 0 spiro atoms. The van der Waals surface area contributed by atoms with Gasteiger partial charge in [-0.3, -0.25) is 14.4 Å². The molecule has 0 bridgehead atoms. The number of carbonyl (C=O) groups is 3. The molecule has 0 N–H and O–H groups in total. The largest absolute Gasteiger partial charge is 0.462 e. The highest BCUT2D eigenvalue weighted by atomic mass is 16.6. The van der Waals surface area contributed by atoms with E-state index in [9.17, 15) is 14.4 Å². The second kappa shape index (κ2) is 53.2. The van der Waals surface area contributed by atoms with Crippen LogP contribution < -0.4 is 0 Å². The molecule has 0 aromatic rings. The molecule has 6 nitrogen and oxygen atoms in total. The van der Waals surface area contributed by atoms with E-state index in [1.54, 1.807) is 0 Å². The van der Waals surface area contributed by atoms with Gasteiger partial charge in [0.25, 0.3) is 0 Å². The Bertz CT molecular complexity index is 1270. The average Bonchev–Trinajstić information content (AvgIpc) is 3.30. The van der Waals surface area contributed by atoms with Crippen LogP contribution in [-0.4, -0.2) is 37.2 Å². The maximum Gasteiger partial charge on any atom is 0.306 e. The minimum Gasteiger partial charge on any atom is -0.462 e. The third-order valence-electron chi connectivity index (χ3n) is 11.4. The lowest BCUT2D eigenvalue weighted by molar-refractivity contribution is -0.167. The summed E-state index contributed by atoms with van der Waals surface area (Å²) in [5.74, 6) is -0.939. The van der Waals surface area contributed by atoms with Gasteiger partial charge in [0.1, 0.15) is 13.2 Å². The van der Waals surface area contributed by atoms with Crippen LogP contribution in [0.25, 0.3) is 0 Å². The van der Waals surface area contributed by atoms with E-state index in [2.05, 4.69) is 106 Å². The smallest absolute Gasteiger partial charge is 0.306 e. The Morgan fingerprint density at radius 1 is 0.323 bits per heavy atom. The Labute approximate surface area is 401 Å². The monoisotopic (exact) mass is 905 g/mol. The van der Waals surface area contributed by atoms with Crippen LogP contribution in [0.4, 0.5) is 0 Å². The van der Waals surface area contributed by atoms with E-state index in [0.29, 0.717) is 19.3 Å². The molecule has 0 aliphatic heterocycles. The lowest BCUT2D eigenvalue weighted by Gasteiger charge is -2.18. The number of ether oxygens (including phenoxy) is 3. The number of carbonyl (C=O) groups excluding carboxylic acids is 3. The Morgan fingerprint density at radius 3 is 1.00 bits per heavy atom. The fraction of sp³-hybridized carbons (Fsp3) is 0.712. The summed E-state index contributed by atoms with van der Waals surface area (Å²) in [6, 6.07) is 0. The molecule has 6 heteroatoms. The van der Waals surface area contributed by atoms with Crippen molar-refractivity contribution in [3.63, 3.8) is 0 Å². The summed E-state index contributed by atoms with van der Waals surface area (Å²) in [7, 11) is 0. The van der Waals surface area contributed by atoms with Gasteiger partial charge in [-0.2, -0.15) is 0 Å². The molecule has 0 fully saturated rings. The predicted octanol–water partition coefficient (Wildman–Crippen LogP) is 18.0. The Morgan fingerprint density at radius 2 is 0.615 bits per heavy atom. The van der Waals surface area contributed by atoms with Crippen molar-refractivity contribution in [3.05, 3.63) is 85.1 Å². The third-order valence-corrected chi connectivity index (χ3v) is 11.4. The van der Waals surface area contributed by atoms with Crippen molar-refractivity contribution < 1.29 is 28.6 Å².